The third kappa shape index (κ3) is 2.61. The summed E-state index contributed by atoms with van der Waals surface area (Å²) in [6, 6.07) is 9.43. The molecule has 0 aliphatic heterocycles. The number of rotatable bonds is 3. The van der Waals surface area contributed by atoms with Crippen LogP contribution < -0.4 is 4.74 Å². The lowest BCUT2D eigenvalue weighted by Crippen LogP contribution is -1.94. The molecule has 0 amide bonds. The minimum absolute atomic E-state index is 0.179. The van der Waals surface area contributed by atoms with Gasteiger partial charge in [-0.15, -0.1) is 11.8 Å². The Morgan fingerprint density at radius 2 is 1.84 bits per heavy atom. The highest BCUT2D eigenvalue weighted by Crippen LogP contribution is 2.35. The summed E-state index contributed by atoms with van der Waals surface area (Å²) in [6.45, 7) is 4.05. The van der Waals surface area contributed by atoms with Crippen LogP contribution >= 0.6 is 11.8 Å². The van der Waals surface area contributed by atoms with Gasteiger partial charge in [-0.05, 0) is 48.9 Å². The van der Waals surface area contributed by atoms with Crippen molar-refractivity contribution in [3.8, 4) is 16.9 Å². The van der Waals surface area contributed by atoms with Crippen LogP contribution in [0.15, 0.2) is 35.2 Å². The highest BCUT2D eigenvalue weighted by Gasteiger charge is 2.14. The standard InChI is InChI=1S/C16H17FOS/c1-10-6-5-7-13(11(10)2)14-8-12(18-3)9-15(19-4)16(14)17/h5-9H,1-4H3. The molecule has 100 valence electrons. The van der Waals surface area contributed by atoms with Crippen LogP contribution in [0, 0.1) is 19.7 Å². The fourth-order valence-corrected chi connectivity index (χ4v) is 2.60. The van der Waals surface area contributed by atoms with Gasteiger partial charge in [-0.1, -0.05) is 18.2 Å². The van der Waals surface area contributed by atoms with Gasteiger partial charge in [-0.25, -0.2) is 4.39 Å². The number of ether oxygens (including phenoxy) is 1. The van der Waals surface area contributed by atoms with E-state index in [0.717, 1.165) is 16.7 Å². The van der Waals surface area contributed by atoms with Gasteiger partial charge in [0.1, 0.15) is 11.6 Å². The van der Waals surface area contributed by atoms with Crippen LogP contribution in [0.2, 0.25) is 0 Å². The SMILES string of the molecule is COc1cc(SC)c(F)c(-c2cccc(C)c2C)c1. The second-order valence-electron chi connectivity index (χ2n) is 4.44. The number of aryl methyl sites for hydroxylation is 1. The summed E-state index contributed by atoms with van der Waals surface area (Å²) in [5.74, 6) is 0.503. The number of hydrogen-bond acceptors (Lipinski definition) is 2. The highest BCUT2D eigenvalue weighted by molar-refractivity contribution is 7.98. The van der Waals surface area contributed by atoms with E-state index >= 15 is 0 Å². The average Bonchev–Trinajstić information content (AvgIpc) is 2.42. The maximum absolute atomic E-state index is 14.5. The van der Waals surface area contributed by atoms with E-state index in [1.807, 2.05) is 38.3 Å². The Morgan fingerprint density at radius 3 is 2.47 bits per heavy atom. The maximum Gasteiger partial charge on any atom is 0.144 e. The molecule has 0 heterocycles. The zero-order chi connectivity index (χ0) is 14.0. The van der Waals surface area contributed by atoms with E-state index in [1.54, 1.807) is 19.2 Å². The molecule has 19 heavy (non-hydrogen) atoms. The molecule has 2 rings (SSSR count). The van der Waals surface area contributed by atoms with E-state index in [4.69, 9.17) is 4.74 Å². The van der Waals surface area contributed by atoms with Gasteiger partial charge in [0.2, 0.25) is 0 Å². The van der Waals surface area contributed by atoms with Gasteiger partial charge in [0, 0.05) is 10.5 Å². The lowest BCUT2D eigenvalue weighted by atomic mass is 9.96. The molecule has 0 saturated heterocycles. The topological polar surface area (TPSA) is 9.23 Å². The van der Waals surface area contributed by atoms with E-state index in [-0.39, 0.29) is 5.82 Å². The molecule has 0 bridgehead atoms. The van der Waals surface area contributed by atoms with Crippen molar-refractivity contribution < 1.29 is 9.13 Å². The smallest absolute Gasteiger partial charge is 0.144 e. The molecule has 0 N–H and O–H groups in total. The number of methoxy groups -OCH3 is 1. The minimum atomic E-state index is -0.179. The molecule has 0 unspecified atom stereocenters. The Kier molecular flexibility index (Phi) is 4.15. The first-order valence-electron chi connectivity index (χ1n) is 6.06. The Morgan fingerprint density at radius 1 is 1.11 bits per heavy atom. The van der Waals surface area contributed by atoms with Crippen LogP contribution in [0.1, 0.15) is 11.1 Å². The molecule has 1 nitrogen and oxygen atoms in total. The molecular formula is C16H17FOS. The zero-order valence-electron chi connectivity index (χ0n) is 11.6. The summed E-state index contributed by atoms with van der Waals surface area (Å²) in [6.07, 6.45) is 1.87. The molecule has 2 aromatic carbocycles. The third-order valence-corrected chi connectivity index (χ3v) is 4.10. The third-order valence-electron chi connectivity index (χ3n) is 3.36. The van der Waals surface area contributed by atoms with Gasteiger partial charge in [-0.2, -0.15) is 0 Å². The molecule has 0 atom stereocenters. The van der Waals surface area contributed by atoms with Crippen molar-refractivity contribution in [3.63, 3.8) is 0 Å². The van der Waals surface area contributed by atoms with Crippen molar-refractivity contribution in [1.82, 2.24) is 0 Å². The summed E-state index contributed by atoms with van der Waals surface area (Å²) >= 11 is 1.39. The van der Waals surface area contributed by atoms with E-state index in [0.29, 0.717) is 16.2 Å². The van der Waals surface area contributed by atoms with Crippen LogP contribution in [-0.4, -0.2) is 13.4 Å². The molecular weight excluding hydrogens is 259 g/mol. The first-order chi connectivity index (χ1) is 9.08. The number of benzene rings is 2. The first kappa shape index (κ1) is 13.9. The summed E-state index contributed by atoms with van der Waals surface area (Å²) in [4.78, 5) is 0.607. The molecule has 0 spiro atoms. The monoisotopic (exact) mass is 276 g/mol. The lowest BCUT2D eigenvalue weighted by Gasteiger charge is -2.13. The molecule has 0 fully saturated rings. The average molecular weight is 276 g/mol. The number of thioether (sulfide) groups is 1. The Labute approximate surface area is 117 Å². The van der Waals surface area contributed by atoms with E-state index in [9.17, 15) is 4.39 Å². The van der Waals surface area contributed by atoms with Crippen molar-refractivity contribution in [3.05, 3.63) is 47.3 Å². The second-order valence-corrected chi connectivity index (χ2v) is 5.29. The predicted molar refractivity (Wildman–Crippen MR) is 79.6 cm³/mol. The Hall–Kier alpha value is -1.48. The number of halogens is 1. The first-order valence-corrected chi connectivity index (χ1v) is 7.29. The number of hydrogen-bond donors (Lipinski definition) is 0. The molecule has 0 radical (unpaired) electrons. The maximum atomic E-state index is 14.5. The van der Waals surface area contributed by atoms with Crippen LogP contribution in [0.5, 0.6) is 5.75 Å². The normalized spacial score (nSPS) is 10.6. The van der Waals surface area contributed by atoms with Gasteiger partial charge in [-0.3, -0.25) is 0 Å². The van der Waals surface area contributed by atoms with Crippen LogP contribution in [0.3, 0.4) is 0 Å². The molecule has 2 aromatic rings. The molecule has 0 aliphatic carbocycles. The largest absolute Gasteiger partial charge is 0.497 e. The Bertz CT molecular complexity index is 608. The summed E-state index contributed by atoms with van der Waals surface area (Å²) < 4.78 is 19.8. The molecule has 3 heteroatoms. The van der Waals surface area contributed by atoms with Crippen molar-refractivity contribution in [2.75, 3.05) is 13.4 Å². The van der Waals surface area contributed by atoms with E-state index in [1.165, 1.54) is 11.8 Å². The van der Waals surface area contributed by atoms with Gasteiger partial charge in [0.25, 0.3) is 0 Å². The summed E-state index contributed by atoms with van der Waals surface area (Å²) in [5, 5.41) is 0. The predicted octanol–water partition coefficient (Wildman–Crippen LogP) is 4.84. The van der Waals surface area contributed by atoms with E-state index < -0.39 is 0 Å². The molecule has 0 aliphatic rings. The fourth-order valence-electron chi connectivity index (χ4n) is 2.08. The highest BCUT2D eigenvalue weighted by atomic mass is 32.2. The molecule has 0 aromatic heterocycles. The van der Waals surface area contributed by atoms with E-state index in [2.05, 4.69) is 0 Å². The molecule has 0 saturated carbocycles. The second kappa shape index (κ2) is 5.66. The van der Waals surface area contributed by atoms with Crippen molar-refractivity contribution in [1.29, 1.82) is 0 Å². The summed E-state index contributed by atoms with van der Waals surface area (Å²) in [7, 11) is 1.60. The minimum Gasteiger partial charge on any atom is -0.497 e. The van der Waals surface area contributed by atoms with Crippen LogP contribution in [-0.2, 0) is 0 Å². The van der Waals surface area contributed by atoms with Crippen LogP contribution in [0.4, 0.5) is 4.39 Å². The van der Waals surface area contributed by atoms with Crippen LogP contribution in [0.25, 0.3) is 11.1 Å². The Balaban J connectivity index is 2.70. The van der Waals surface area contributed by atoms with Crippen molar-refractivity contribution in [2.45, 2.75) is 18.7 Å². The quantitative estimate of drug-likeness (QED) is 0.742. The lowest BCUT2D eigenvalue weighted by molar-refractivity contribution is 0.412. The van der Waals surface area contributed by atoms with Gasteiger partial charge in [0.15, 0.2) is 0 Å². The zero-order valence-corrected chi connectivity index (χ0v) is 12.4. The van der Waals surface area contributed by atoms with Crippen molar-refractivity contribution >= 4 is 11.8 Å². The summed E-state index contributed by atoms with van der Waals surface area (Å²) in [5.41, 5.74) is 3.78. The van der Waals surface area contributed by atoms with Gasteiger partial charge >= 0.3 is 0 Å². The fraction of sp³-hybridized carbons (Fsp3) is 0.250. The van der Waals surface area contributed by atoms with Gasteiger partial charge in [0.05, 0.1) is 7.11 Å². The van der Waals surface area contributed by atoms with Gasteiger partial charge < -0.3 is 4.74 Å². The van der Waals surface area contributed by atoms with Crippen molar-refractivity contribution in [2.24, 2.45) is 0 Å².